The molecule has 0 saturated heterocycles. The van der Waals surface area contributed by atoms with Gasteiger partial charge in [-0.3, -0.25) is 9.10 Å². The van der Waals surface area contributed by atoms with Gasteiger partial charge in [-0.2, -0.15) is 0 Å². The van der Waals surface area contributed by atoms with Gasteiger partial charge in [0.15, 0.2) is 0 Å². The van der Waals surface area contributed by atoms with E-state index in [0.29, 0.717) is 22.9 Å². The number of sulfonamides is 1. The van der Waals surface area contributed by atoms with Crippen molar-refractivity contribution in [2.75, 3.05) is 23.0 Å². The van der Waals surface area contributed by atoms with E-state index < -0.39 is 22.0 Å². The monoisotopic (exact) mass is 406 g/mol. The topological polar surface area (TPSA) is 84.9 Å². The minimum atomic E-state index is -3.68. The predicted molar refractivity (Wildman–Crippen MR) is 111 cm³/mol. The van der Waals surface area contributed by atoms with E-state index in [4.69, 9.17) is 9.47 Å². The maximum Gasteiger partial charge on any atom is 0.247 e. The zero-order valence-corrected chi connectivity index (χ0v) is 17.5. The predicted octanol–water partition coefficient (Wildman–Crippen LogP) is 3.28. The number of amides is 1. The van der Waals surface area contributed by atoms with E-state index in [-0.39, 0.29) is 6.10 Å². The van der Waals surface area contributed by atoms with Gasteiger partial charge in [-0.05, 0) is 69.3 Å². The third kappa shape index (κ3) is 5.63. The van der Waals surface area contributed by atoms with Crippen molar-refractivity contribution >= 4 is 27.3 Å². The van der Waals surface area contributed by atoms with Gasteiger partial charge in [0.1, 0.15) is 17.5 Å². The second kappa shape index (κ2) is 8.97. The van der Waals surface area contributed by atoms with Crippen LogP contribution in [0.2, 0.25) is 0 Å². The number of hydrogen-bond acceptors (Lipinski definition) is 5. The molecule has 0 aliphatic heterocycles. The van der Waals surface area contributed by atoms with E-state index in [1.165, 1.54) is 14.0 Å². The molecule has 1 N–H and O–H groups in total. The highest BCUT2D eigenvalue weighted by Crippen LogP contribution is 2.24. The first kappa shape index (κ1) is 21.6. The van der Waals surface area contributed by atoms with E-state index in [9.17, 15) is 13.2 Å². The van der Waals surface area contributed by atoms with Crippen LogP contribution >= 0.6 is 0 Å². The Morgan fingerprint density at radius 3 is 1.96 bits per heavy atom. The highest BCUT2D eigenvalue weighted by Gasteiger charge is 2.29. The number of hydrogen-bond donors (Lipinski definition) is 1. The smallest absolute Gasteiger partial charge is 0.247 e. The quantitative estimate of drug-likeness (QED) is 0.727. The molecule has 0 aliphatic carbocycles. The van der Waals surface area contributed by atoms with Crippen LogP contribution in [0.15, 0.2) is 48.5 Å². The Hall–Kier alpha value is -2.74. The second-order valence-corrected chi connectivity index (χ2v) is 8.47. The third-order valence-electron chi connectivity index (χ3n) is 3.91. The van der Waals surface area contributed by atoms with Gasteiger partial charge >= 0.3 is 0 Å². The Labute approximate surface area is 166 Å². The molecule has 0 radical (unpaired) electrons. The average molecular weight is 407 g/mol. The summed E-state index contributed by atoms with van der Waals surface area (Å²) < 4.78 is 36.4. The lowest BCUT2D eigenvalue weighted by molar-refractivity contribution is -0.116. The number of nitrogens with one attached hydrogen (secondary N) is 1. The molecule has 7 nitrogen and oxygen atoms in total. The number of carbonyl (C=O) groups is 1. The SMILES string of the molecule is COc1ccc(N([C@H](C)C(=O)Nc2ccc(OC(C)C)cc2)S(C)(=O)=O)cc1. The summed E-state index contributed by atoms with van der Waals surface area (Å²) in [6.45, 7) is 5.39. The molecule has 0 saturated carbocycles. The van der Waals surface area contributed by atoms with Gasteiger partial charge in [-0.25, -0.2) is 8.42 Å². The number of benzene rings is 2. The molecule has 0 fully saturated rings. The summed E-state index contributed by atoms with van der Waals surface area (Å²) in [7, 11) is -2.16. The van der Waals surface area contributed by atoms with Crippen LogP contribution in [0.5, 0.6) is 11.5 Å². The number of methoxy groups -OCH3 is 1. The molecule has 1 amide bonds. The largest absolute Gasteiger partial charge is 0.497 e. The molecular formula is C20H26N2O5S. The highest BCUT2D eigenvalue weighted by molar-refractivity contribution is 7.92. The zero-order chi connectivity index (χ0) is 20.9. The first-order valence-electron chi connectivity index (χ1n) is 8.83. The molecule has 0 unspecified atom stereocenters. The van der Waals surface area contributed by atoms with E-state index >= 15 is 0 Å². The lowest BCUT2D eigenvalue weighted by Crippen LogP contribution is -2.45. The van der Waals surface area contributed by atoms with Crippen molar-refractivity contribution in [1.82, 2.24) is 0 Å². The lowest BCUT2D eigenvalue weighted by atomic mass is 10.2. The number of rotatable bonds is 8. The molecule has 0 heterocycles. The first-order chi connectivity index (χ1) is 13.1. The van der Waals surface area contributed by atoms with Crippen molar-refractivity contribution in [3.63, 3.8) is 0 Å². The number of carbonyl (C=O) groups excluding carboxylic acids is 1. The van der Waals surface area contributed by atoms with E-state index in [1.807, 2.05) is 13.8 Å². The fourth-order valence-electron chi connectivity index (χ4n) is 2.67. The van der Waals surface area contributed by atoms with Gasteiger partial charge < -0.3 is 14.8 Å². The van der Waals surface area contributed by atoms with Crippen LogP contribution in [0.4, 0.5) is 11.4 Å². The third-order valence-corrected chi connectivity index (χ3v) is 5.15. The summed E-state index contributed by atoms with van der Waals surface area (Å²) >= 11 is 0. The first-order valence-corrected chi connectivity index (χ1v) is 10.7. The molecule has 1 atom stereocenters. The normalized spacial score (nSPS) is 12.4. The van der Waals surface area contributed by atoms with Crippen molar-refractivity contribution in [2.24, 2.45) is 0 Å². The molecule has 0 aromatic heterocycles. The van der Waals surface area contributed by atoms with Gasteiger partial charge in [-0.1, -0.05) is 0 Å². The molecule has 2 aromatic carbocycles. The molecular weight excluding hydrogens is 380 g/mol. The summed E-state index contributed by atoms with van der Waals surface area (Å²) in [4.78, 5) is 12.7. The Morgan fingerprint density at radius 1 is 0.964 bits per heavy atom. The second-order valence-electron chi connectivity index (χ2n) is 6.61. The standard InChI is InChI=1S/C20H26N2O5S/c1-14(2)27-19-10-6-16(7-11-19)21-20(23)15(3)22(28(5,24)25)17-8-12-18(26-4)13-9-17/h6-15H,1-5H3,(H,21,23)/t15-/m1/s1. The number of anilines is 2. The van der Waals surface area contributed by atoms with Crippen LogP contribution in [-0.4, -0.2) is 39.8 Å². The lowest BCUT2D eigenvalue weighted by Gasteiger charge is -2.28. The van der Waals surface area contributed by atoms with Gasteiger partial charge in [0.05, 0.1) is 25.2 Å². The van der Waals surface area contributed by atoms with Crippen molar-refractivity contribution in [3.05, 3.63) is 48.5 Å². The minimum Gasteiger partial charge on any atom is -0.497 e. The zero-order valence-electron chi connectivity index (χ0n) is 16.7. The fourth-order valence-corrected chi connectivity index (χ4v) is 3.85. The van der Waals surface area contributed by atoms with E-state index in [0.717, 1.165) is 10.6 Å². The van der Waals surface area contributed by atoms with Crippen molar-refractivity contribution in [1.29, 1.82) is 0 Å². The molecule has 8 heteroatoms. The summed E-state index contributed by atoms with van der Waals surface area (Å²) in [5.41, 5.74) is 0.933. The number of ether oxygens (including phenoxy) is 2. The summed E-state index contributed by atoms with van der Waals surface area (Å²) in [6, 6.07) is 12.5. The molecule has 0 aliphatic rings. The van der Waals surface area contributed by atoms with Crippen LogP contribution in [-0.2, 0) is 14.8 Å². The summed E-state index contributed by atoms with van der Waals surface area (Å²) in [5.74, 6) is 0.842. The van der Waals surface area contributed by atoms with E-state index in [1.54, 1.807) is 48.5 Å². The Bertz CT molecular complexity index is 893. The Kier molecular flexibility index (Phi) is 6.90. The average Bonchev–Trinajstić information content (AvgIpc) is 2.62. The van der Waals surface area contributed by atoms with Crippen molar-refractivity contribution in [3.8, 4) is 11.5 Å². The Balaban J connectivity index is 2.19. The van der Waals surface area contributed by atoms with Gasteiger partial charge in [0.2, 0.25) is 15.9 Å². The maximum absolute atomic E-state index is 12.7. The maximum atomic E-state index is 12.7. The van der Waals surface area contributed by atoms with Crippen molar-refractivity contribution < 1.29 is 22.7 Å². The summed E-state index contributed by atoms with van der Waals surface area (Å²) in [6.07, 6.45) is 1.12. The van der Waals surface area contributed by atoms with Crippen LogP contribution in [0, 0.1) is 0 Å². The van der Waals surface area contributed by atoms with Gasteiger partial charge in [0, 0.05) is 5.69 Å². The fraction of sp³-hybridized carbons (Fsp3) is 0.350. The van der Waals surface area contributed by atoms with E-state index in [2.05, 4.69) is 5.32 Å². The minimum absolute atomic E-state index is 0.0493. The van der Waals surface area contributed by atoms with Crippen LogP contribution in [0.25, 0.3) is 0 Å². The van der Waals surface area contributed by atoms with Crippen LogP contribution in [0.1, 0.15) is 20.8 Å². The Morgan fingerprint density at radius 2 is 1.50 bits per heavy atom. The van der Waals surface area contributed by atoms with Crippen LogP contribution < -0.4 is 19.1 Å². The van der Waals surface area contributed by atoms with Gasteiger partial charge in [0.25, 0.3) is 0 Å². The molecule has 152 valence electrons. The molecule has 28 heavy (non-hydrogen) atoms. The molecule has 0 spiro atoms. The van der Waals surface area contributed by atoms with Gasteiger partial charge in [-0.15, -0.1) is 0 Å². The van der Waals surface area contributed by atoms with Crippen molar-refractivity contribution in [2.45, 2.75) is 32.9 Å². The van der Waals surface area contributed by atoms with Crippen LogP contribution in [0.3, 0.4) is 0 Å². The molecule has 2 rings (SSSR count). The number of nitrogens with zero attached hydrogens (tertiary/aromatic N) is 1. The molecule has 2 aromatic rings. The molecule has 0 bridgehead atoms. The summed E-state index contributed by atoms with van der Waals surface area (Å²) in [5, 5.41) is 2.74. The highest BCUT2D eigenvalue weighted by atomic mass is 32.2.